The Hall–Kier alpha value is -3.55. The predicted molar refractivity (Wildman–Crippen MR) is 130 cm³/mol. The number of nitrogens with zero attached hydrogens (tertiary/aromatic N) is 2. The third kappa shape index (κ3) is 5.50. The number of fused-ring (bicyclic) bond motifs is 1. The third-order valence-corrected chi connectivity index (χ3v) is 6.45. The van der Waals surface area contributed by atoms with E-state index in [9.17, 15) is 14.4 Å². The van der Waals surface area contributed by atoms with E-state index < -0.39 is 0 Å². The molecule has 0 unspecified atom stereocenters. The van der Waals surface area contributed by atoms with Gasteiger partial charge in [-0.05, 0) is 61.6 Å². The quantitative estimate of drug-likeness (QED) is 0.617. The van der Waals surface area contributed by atoms with Gasteiger partial charge < -0.3 is 25.2 Å². The summed E-state index contributed by atoms with van der Waals surface area (Å²) in [5, 5.41) is 5.21. The van der Waals surface area contributed by atoms with Gasteiger partial charge in [-0.1, -0.05) is 18.2 Å². The maximum atomic E-state index is 13.0. The van der Waals surface area contributed by atoms with Crippen LogP contribution >= 0.6 is 0 Å². The number of ether oxygens (including phenoxy) is 1. The van der Waals surface area contributed by atoms with Crippen LogP contribution in [0.1, 0.15) is 41.6 Å². The van der Waals surface area contributed by atoms with Crippen molar-refractivity contribution in [3.8, 4) is 5.75 Å². The Morgan fingerprint density at radius 3 is 2.50 bits per heavy atom. The normalized spacial score (nSPS) is 16.1. The number of hydrogen-bond donors (Lipinski definition) is 2. The molecule has 0 atom stereocenters. The van der Waals surface area contributed by atoms with Crippen LogP contribution in [0.3, 0.4) is 0 Å². The van der Waals surface area contributed by atoms with Gasteiger partial charge in [-0.25, -0.2) is 4.79 Å². The Balaban J connectivity index is 1.27. The molecule has 4 rings (SSSR count). The largest absolute Gasteiger partial charge is 0.494 e. The van der Waals surface area contributed by atoms with Gasteiger partial charge in [0.05, 0.1) is 6.61 Å². The third-order valence-electron chi connectivity index (χ3n) is 6.45. The van der Waals surface area contributed by atoms with Gasteiger partial charge in [-0.2, -0.15) is 0 Å². The van der Waals surface area contributed by atoms with Gasteiger partial charge in [0.25, 0.3) is 5.91 Å². The fraction of sp³-hybridized carbons (Fsp3) is 0.423. The highest BCUT2D eigenvalue weighted by atomic mass is 16.5. The van der Waals surface area contributed by atoms with Crippen molar-refractivity contribution in [2.45, 2.75) is 38.1 Å². The minimum absolute atomic E-state index is 0.00477. The molecule has 0 aromatic heterocycles. The molecule has 0 saturated carbocycles. The van der Waals surface area contributed by atoms with E-state index in [1.165, 1.54) is 5.56 Å². The lowest BCUT2D eigenvalue weighted by Crippen LogP contribution is -2.50. The van der Waals surface area contributed by atoms with E-state index in [2.05, 4.69) is 16.7 Å². The highest BCUT2D eigenvalue weighted by Gasteiger charge is 2.33. The summed E-state index contributed by atoms with van der Waals surface area (Å²) in [6.45, 7) is 2.27. The van der Waals surface area contributed by atoms with E-state index in [0.717, 1.165) is 24.9 Å². The van der Waals surface area contributed by atoms with Crippen molar-refractivity contribution in [1.29, 1.82) is 0 Å². The summed E-state index contributed by atoms with van der Waals surface area (Å²) in [5.41, 5.74) is 2.89. The molecule has 180 valence electrons. The van der Waals surface area contributed by atoms with Crippen LogP contribution in [0.4, 0.5) is 10.5 Å². The number of para-hydroxylation sites is 1. The maximum absolute atomic E-state index is 13.0. The molecule has 4 amide bonds. The van der Waals surface area contributed by atoms with Gasteiger partial charge in [-0.15, -0.1) is 0 Å². The number of amides is 4. The number of carbonyl (C=O) groups is 3. The summed E-state index contributed by atoms with van der Waals surface area (Å²) in [6, 6.07) is 15.2. The van der Waals surface area contributed by atoms with E-state index in [0.29, 0.717) is 50.4 Å². The van der Waals surface area contributed by atoms with E-state index in [1.807, 2.05) is 28.0 Å². The molecule has 8 heteroatoms. The summed E-state index contributed by atoms with van der Waals surface area (Å²) < 4.78 is 5.69. The number of aryl methyl sites for hydroxylation is 1. The highest BCUT2D eigenvalue weighted by Crippen LogP contribution is 2.32. The molecule has 8 nitrogen and oxygen atoms in total. The number of urea groups is 1. The van der Waals surface area contributed by atoms with Crippen molar-refractivity contribution in [2.75, 3.05) is 38.2 Å². The van der Waals surface area contributed by atoms with Crippen LogP contribution in [0.25, 0.3) is 0 Å². The number of carbonyl (C=O) groups excluding carboxylic acids is 3. The van der Waals surface area contributed by atoms with Crippen molar-refractivity contribution in [2.24, 2.45) is 0 Å². The summed E-state index contributed by atoms with van der Waals surface area (Å²) in [7, 11) is 1.58. The first-order chi connectivity index (χ1) is 16.6. The molecule has 2 N–H and O–H groups in total. The number of rotatable bonds is 7. The highest BCUT2D eigenvalue weighted by molar-refractivity contribution is 5.97. The Morgan fingerprint density at radius 1 is 1.03 bits per heavy atom. The molecule has 1 fully saturated rings. The number of nitrogens with one attached hydrogen (secondary N) is 2. The Kier molecular flexibility index (Phi) is 7.67. The van der Waals surface area contributed by atoms with Crippen LogP contribution in [0.5, 0.6) is 5.75 Å². The fourth-order valence-corrected chi connectivity index (χ4v) is 4.61. The van der Waals surface area contributed by atoms with Crippen LogP contribution in [-0.4, -0.2) is 62.1 Å². The minimum Gasteiger partial charge on any atom is -0.494 e. The molecule has 0 radical (unpaired) electrons. The second-order valence-corrected chi connectivity index (χ2v) is 8.65. The van der Waals surface area contributed by atoms with Gasteiger partial charge in [0.1, 0.15) is 5.75 Å². The molecule has 0 aliphatic carbocycles. The Bertz CT molecular complexity index is 1020. The average Bonchev–Trinajstić information content (AvgIpc) is 2.88. The molecular weight excluding hydrogens is 432 g/mol. The van der Waals surface area contributed by atoms with Gasteiger partial charge in [0.2, 0.25) is 5.91 Å². The van der Waals surface area contributed by atoms with Crippen LogP contribution in [0.2, 0.25) is 0 Å². The minimum atomic E-state index is -0.209. The molecule has 1 saturated heterocycles. The van der Waals surface area contributed by atoms with Gasteiger partial charge in [0.15, 0.2) is 0 Å². The average molecular weight is 465 g/mol. The van der Waals surface area contributed by atoms with Gasteiger partial charge >= 0.3 is 6.03 Å². The molecule has 0 bridgehead atoms. The lowest BCUT2D eigenvalue weighted by Gasteiger charge is -2.41. The predicted octanol–water partition coefficient (Wildman–Crippen LogP) is 2.97. The number of hydrogen-bond acceptors (Lipinski definition) is 4. The molecule has 34 heavy (non-hydrogen) atoms. The topological polar surface area (TPSA) is 91.0 Å². The first-order valence-corrected chi connectivity index (χ1v) is 11.9. The zero-order chi connectivity index (χ0) is 23.9. The SMILES string of the molecule is CNC(=O)NCCCOc1ccc(C(=O)N2CCC(N3C(=O)CCc4ccccc43)CC2)cc1. The van der Waals surface area contributed by atoms with E-state index in [1.54, 1.807) is 31.3 Å². The fourth-order valence-electron chi connectivity index (χ4n) is 4.61. The van der Waals surface area contributed by atoms with E-state index in [4.69, 9.17) is 4.74 Å². The first-order valence-electron chi connectivity index (χ1n) is 11.9. The lowest BCUT2D eigenvalue weighted by molar-refractivity contribution is -0.119. The Labute approximate surface area is 200 Å². The molecule has 2 heterocycles. The van der Waals surface area contributed by atoms with Crippen LogP contribution in [0, 0.1) is 0 Å². The number of likely N-dealkylation sites (tertiary alicyclic amines) is 1. The summed E-state index contributed by atoms with van der Waals surface area (Å²) in [6.07, 6.45) is 3.59. The van der Waals surface area contributed by atoms with Gasteiger partial charge in [0, 0.05) is 50.4 Å². The van der Waals surface area contributed by atoms with Crippen LogP contribution < -0.4 is 20.3 Å². The zero-order valence-corrected chi connectivity index (χ0v) is 19.6. The maximum Gasteiger partial charge on any atom is 0.314 e. The van der Waals surface area contributed by atoms with E-state index in [-0.39, 0.29) is 23.9 Å². The Morgan fingerprint density at radius 2 is 1.76 bits per heavy atom. The lowest BCUT2D eigenvalue weighted by atomic mass is 9.95. The summed E-state index contributed by atoms with van der Waals surface area (Å²) in [5.74, 6) is 0.881. The van der Waals surface area contributed by atoms with Crippen LogP contribution in [-0.2, 0) is 11.2 Å². The molecule has 2 aliphatic rings. The van der Waals surface area contributed by atoms with Crippen molar-refractivity contribution < 1.29 is 19.1 Å². The standard InChI is InChI=1S/C26H32N4O4/c1-27-26(33)28-15-4-18-34-22-10-7-20(8-11-22)25(32)29-16-13-21(14-17-29)30-23-6-3-2-5-19(23)9-12-24(30)31/h2-3,5-8,10-11,21H,4,9,12-18H2,1H3,(H2,27,28,33). The molecular formula is C26H32N4O4. The zero-order valence-electron chi connectivity index (χ0n) is 19.6. The molecule has 2 aromatic carbocycles. The van der Waals surface area contributed by atoms with Gasteiger partial charge in [-0.3, -0.25) is 9.59 Å². The number of piperidine rings is 1. The first kappa shape index (κ1) is 23.6. The number of anilines is 1. The molecule has 0 spiro atoms. The summed E-state index contributed by atoms with van der Waals surface area (Å²) in [4.78, 5) is 40.7. The molecule has 2 aromatic rings. The van der Waals surface area contributed by atoms with Crippen molar-refractivity contribution in [3.63, 3.8) is 0 Å². The van der Waals surface area contributed by atoms with Crippen molar-refractivity contribution in [3.05, 3.63) is 59.7 Å². The van der Waals surface area contributed by atoms with E-state index >= 15 is 0 Å². The second-order valence-electron chi connectivity index (χ2n) is 8.65. The summed E-state index contributed by atoms with van der Waals surface area (Å²) >= 11 is 0. The van der Waals surface area contributed by atoms with Crippen molar-refractivity contribution >= 4 is 23.5 Å². The molecule has 2 aliphatic heterocycles. The van der Waals surface area contributed by atoms with Crippen LogP contribution in [0.15, 0.2) is 48.5 Å². The number of benzene rings is 2. The second kappa shape index (κ2) is 11.0. The van der Waals surface area contributed by atoms with Crippen molar-refractivity contribution in [1.82, 2.24) is 15.5 Å². The smallest absolute Gasteiger partial charge is 0.314 e. The monoisotopic (exact) mass is 464 g/mol.